The number of ether oxygens (including phenoxy) is 1. The summed E-state index contributed by atoms with van der Waals surface area (Å²) in [5.41, 5.74) is 3.01. The normalized spacial score (nSPS) is 27.9. The number of piperidine rings is 1. The highest BCUT2D eigenvalue weighted by atomic mass is 16.5. The fraction of sp³-hybridized carbons (Fsp3) is 0.480. The molecule has 1 spiro atoms. The van der Waals surface area contributed by atoms with E-state index in [4.69, 9.17) is 9.84 Å². The highest BCUT2D eigenvalue weighted by molar-refractivity contribution is 5.87. The summed E-state index contributed by atoms with van der Waals surface area (Å²) < 4.78 is 6.35. The van der Waals surface area contributed by atoms with E-state index in [1.807, 2.05) is 12.1 Å². The molecule has 3 fully saturated rings. The highest BCUT2D eigenvalue weighted by Gasteiger charge is 2.46. The maximum absolute atomic E-state index is 11.0. The molecule has 5 nitrogen and oxygen atoms in total. The maximum Gasteiger partial charge on any atom is 0.335 e. The number of nitrogens with one attached hydrogen (secondary N) is 1. The first-order valence-electron chi connectivity index (χ1n) is 11.1. The fourth-order valence-corrected chi connectivity index (χ4v) is 5.18. The Bertz CT molecular complexity index is 875. The predicted octanol–water partition coefficient (Wildman–Crippen LogP) is 3.65. The lowest BCUT2D eigenvalue weighted by atomic mass is 9.87. The zero-order valence-corrected chi connectivity index (χ0v) is 17.3. The lowest BCUT2D eigenvalue weighted by Gasteiger charge is -2.38. The number of benzene rings is 2. The van der Waals surface area contributed by atoms with Crippen molar-refractivity contribution in [2.24, 2.45) is 0 Å². The quantitative estimate of drug-likeness (QED) is 0.767. The van der Waals surface area contributed by atoms with Gasteiger partial charge in [-0.05, 0) is 48.9 Å². The van der Waals surface area contributed by atoms with Crippen LogP contribution in [0.5, 0.6) is 0 Å². The van der Waals surface area contributed by atoms with Gasteiger partial charge >= 0.3 is 5.97 Å². The lowest BCUT2D eigenvalue weighted by Crippen LogP contribution is -2.44. The molecule has 30 heavy (non-hydrogen) atoms. The molecule has 158 valence electrons. The van der Waals surface area contributed by atoms with E-state index in [1.165, 1.54) is 17.5 Å². The number of hydrogen-bond acceptors (Lipinski definition) is 4. The van der Waals surface area contributed by atoms with Gasteiger partial charge in [0.05, 0.1) is 17.8 Å². The summed E-state index contributed by atoms with van der Waals surface area (Å²) in [6, 6.07) is 19.1. The van der Waals surface area contributed by atoms with Crippen LogP contribution < -0.4 is 5.32 Å². The zero-order valence-electron chi connectivity index (χ0n) is 17.3. The molecule has 3 atom stereocenters. The van der Waals surface area contributed by atoms with Gasteiger partial charge in [0.15, 0.2) is 0 Å². The summed E-state index contributed by atoms with van der Waals surface area (Å²) in [5.74, 6) is -0.207. The minimum Gasteiger partial charge on any atom is -0.478 e. The maximum atomic E-state index is 11.0. The number of nitrogens with zero attached hydrogens (tertiary/aromatic N) is 1. The van der Waals surface area contributed by atoms with Gasteiger partial charge in [0.25, 0.3) is 0 Å². The van der Waals surface area contributed by atoms with E-state index < -0.39 is 5.97 Å². The standard InChI is InChI=1S/C25H30N2O3/c28-24(29)20-8-6-18(7-9-20)16-27-12-10-25(11-13-27)15-21(17-30-25)26-23-14-22(23)19-4-2-1-3-5-19/h1-9,21-23,26H,10-17H2,(H,28,29)/t21-,22+,23-/m1/s1. The van der Waals surface area contributed by atoms with E-state index in [9.17, 15) is 4.79 Å². The first kappa shape index (κ1) is 19.7. The molecule has 1 saturated carbocycles. The van der Waals surface area contributed by atoms with E-state index in [0.29, 0.717) is 23.6 Å². The minimum atomic E-state index is -0.871. The van der Waals surface area contributed by atoms with Crippen molar-refractivity contribution in [3.63, 3.8) is 0 Å². The summed E-state index contributed by atoms with van der Waals surface area (Å²) in [6.45, 7) is 3.76. The molecule has 2 N–H and O–H groups in total. The molecule has 2 aromatic carbocycles. The lowest BCUT2D eigenvalue weighted by molar-refractivity contribution is -0.0449. The summed E-state index contributed by atoms with van der Waals surface area (Å²) in [7, 11) is 0. The molecule has 3 aliphatic rings. The molecular formula is C25H30N2O3. The molecule has 2 aliphatic heterocycles. The Kier molecular flexibility index (Phi) is 5.35. The monoisotopic (exact) mass is 406 g/mol. The topological polar surface area (TPSA) is 61.8 Å². The second-order valence-electron chi connectivity index (χ2n) is 9.20. The third-order valence-corrected chi connectivity index (χ3v) is 7.05. The van der Waals surface area contributed by atoms with Gasteiger partial charge in [-0.3, -0.25) is 4.90 Å². The van der Waals surface area contributed by atoms with Gasteiger partial charge in [-0.15, -0.1) is 0 Å². The SMILES string of the molecule is O=C(O)c1ccc(CN2CCC3(CC2)C[C@@H](N[C@@H]2C[C@H]2c2ccccc2)CO3)cc1. The van der Waals surface area contributed by atoms with Crippen LogP contribution in [0.2, 0.25) is 0 Å². The molecule has 2 heterocycles. The average molecular weight is 407 g/mol. The van der Waals surface area contributed by atoms with Crippen LogP contribution in [0.3, 0.4) is 0 Å². The zero-order chi connectivity index (χ0) is 20.6. The number of rotatable bonds is 6. The van der Waals surface area contributed by atoms with Crippen molar-refractivity contribution < 1.29 is 14.6 Å². The van der Waals surface area contributed by atoms with Crippen LogP contribution in [0.25, 0.3) is 0 Å². The van der Waals surface area contributed by atoms with Crippen LogP contribution in [0.1, 0.15) is 53.1 Å². The Morgan fingerprint density at radius 3 is 2.53 bits per heavy atom. The van der Waals surface area contributed by atoms with Gasteiger partial charge in [-0.25, -0.2) is 4.79 Å². The van der Waals surface area contributed by atoms with Crippen LogP contribution in [0.4, 0.5) is 0 Å². The largest absolute Gasteiger partial charge is 0.478 e. The third kappa shape index (κ3) is 4.29. The van der Waals surface area contributed by atoms with Crippen molar-refractivity contribution in [2.75, 3.05) is 19.7 Å². The third-order valence-electron chi connectivity index (χ3n) is 7.05. The number of hydrogen-bond donors (Lipinski definition) is 2. The van der Waals surface area contributed by atoms with Crippen LogP contribution in [0.15, 0.2) is 54.6 Å². The van der Waals surface area contributed by atoms with Crippen molar-refractivity contribution in [2.45, 2.75) is 55.8 Å². The van der Waals surface area contributed by atoms with Gasteiger partial charge in [-0.1, -0.05) is 42.5 Å². The Balaban J connectivity index is 1.09. The Morgan fingerprint density at radius 2 is 1.83 bits per heavy atom. The molecule has 2 aromatic rings. The second-order valence-corrected chi connectivity index (χ2v) is 9.20. The molecule has 1 aliphatic carbocycles. The molecule has 0 amide bonds. The van der Waals surface area contributed by atoms with E-state index >= 15 is 0 Å². The number of carbonyl (C=O) groups is 1. The van der Waals surface area contributed by atoms with Crippen LogP contribution in [0, 0.1) is 0 Å². The van der Waals surface area contributed by atoms with Crippen molar-refractivity contribution in [1.82, 2.24) is 10.2 Å². The average Bonchev–Trinajstić information content (AvgIpc) is 3.43. The van der Waals surface area contributed by atoms with Gasteiger partial charge in [0, 0.05) is 37.6 Å². The van der Waals surface area contributed by atoms with Crippen molar-refractivity contribution >= 4 is 5.97 Å². The smallest absolute Gasteiger partial charge is 0.335 e. The minimum absolute atomic E-state index is 0.0401. The van der Waals surface area contributed by atoms with Crippen LogP contribution in [-0.2, 0) is 11.3 Å². The molecule has 2 saturated heterocycles. The molecular weight excluding hydrogens is 376 g/mol. The molecule has 5 heteroatoms. The predicted molar refractivity (Wildman–Crippen MR) is 116 cm³/mol. The summed E-state index contributed by atoms with van der Waals surface area (Å²) in [4.78, 5) is 13.5. The molecule has 0 unspecified atom stereocenters. The van der Waals surface area contributed by atoms with Crippen molar-refractivity contribution in [3.05, 3.63) is 71.3 Å². The van der Waals surface area contributed by atoms with Gasteiger partial charge < -0.3 is 15.2 Å². The Morgan fingerprint density at radius 1 is 1.10 bits per heavy atom. The van der Waals surface area contributed by atoms with Gasteiger partial charge in [0.2, 0.25) is 0 Å². The van der Waals surface area contributed by atoms with E-state index in [1.54, 1.807) is 12.1 Å². The van der Waals surface area contributed by atoms with Gasteiger partial charge in [0.1, 0.15) is 0 Å². The van der Waals surface area contributed by atoms with E-state index in [0.717, 1.165) is 45.5 Å². The molecule has 0 bridgehead atoms. The Labute approximate surface area is 178 Å². The molecule has 0 radical (unpaired) electrons. The first-order valence-corrected chi connectivity index (χ1v) is 11.1. The number of carboxylic acid groups (broad SMARTS) is 1. The van der Waals surface area contributed by atoms with Crippen LogP contribution >= 0.6 is 0 Å². The Hall–Kier alpha value is -2.21. The van der Waals surface area contributed by atoms with Crippen molar-refractivity contribution in [3.8, 4) is 0 Å². The first-order chi connectivity index (χ1) is 14.6. The number of aromatic carboxylic acids is 1. The molecule has 0 aromatic heterocycles. The van der Waals surface area contributed by atoms with Crippen molar-refractivity contribution in [1.29, 1.82) is 0 Å². The second kappa shape index (κ2) is 8.14. The summed E-state index contributed by atoms with van der Waals surface area (Å²) in [6.07, 6.45) is 4.50. The summed E-state index contributed by atoms with van der Waals surface area (Å²) >= 11 is 0. The van der Waals surface area contributed by atoms with E-state index in [-0.39, 0.29) is 5.60 Å². The summed E-state index contributed by atoms with van der Waals surface area (Å²) in [5, 5.41) is 12.9. The number of likely N-dealkylation sites (tertiary alicyclic amines) is 1. The molecule has 5 rings (SSSR count). The number of carboxylic acids is 1. The van der Waals surface area contributed by atoms with Gasteiger partial charge in [-0.2, -0.15) is 0 Å². The highest BCUT2D eigenvalue weighted by Crippen LogP contribution is 2.43. The van der Waals surface area contributed by atoms with E-state index in [2.05, 4.69) is 40.5 Å². The fourth-order valence-electron chi connectivity index (χ4n) is 5.18. The van der Waals surface area contributed by atoms with Crippen LogP contribution in [-0.4, -0.2) is 53.4 Å².